The first-order valence-corrected chi connectivity index (χ1v) is 4.74. The van der Waals surface area contributed by atoms with Gasteiger partial charge < -0.3 is 9.84 Å². The van der Waals surface area contributed by atoms with Crippen LogP contribution in [0.15, 0.2) is 12.2 Å². The second kappa shape index (κ2) is 3.09. The molecule has 3 nitrogen and oxygen atoms in total. The molecule has 14 heavy (non-hydrogen) atoms. The first kappa shape index (κ1) is 11.2. The third kappa shape index (κ3) is 1.57. The molecule has 1 aliphatic rings. The van der Waals surface area contributed by atoms with Crippen molar-refractivity contribution in [2.75, 3.05) is 6.61 Å². The number of carbonyl (C=O) groups is 1. The van der Waals surface area contributed by atoms with Crippen molar-refractivity contribution in [1.29, 1.82) is 0 Å². The van der Waals surface area contributed by atoms with Crippen molar-refractivity contribution in [3.05, 3.63) is 12.2 Å². The van der Waals surface area contributed by atoms with Gasteiger partial charge in [-0.15, -0.1) is 0 Å². The molecule has 0 bridgehead atoms. The van der Waals surface area contributed by atoms with Crippen LogP contribution < -0.4 is 0 Å². The van der Waals surface area contributed by atoms with Crippen molar-refractivity contribution in [3.63, 3.8) is 0 Å². The molecule has 0 radical (unpaired) electrons. The van der Waals surface area contributed by atoms with E-state index in [-0.39, 0.29) is 5.41 Å². The van der Waals surface area contributed by atoms with Crippen molar-refractivity contribution in [2.24, 2.45) is 11.3 Å². The minimum atomic E-state index is -0.843. The van der Waals surface area contributed by atoms with Gasteiger partial charge in [-0.05, 0) is 12.3 Å². The highest BCUT2D eigenvalue weighted by Gasteiger charge is 2.62. The summed E-state index contributed by atoms with van der Waals surface area (Å²) in [5, 5.41) is 9.14. The van der Waals surface area contributed by atoms with Crippen molar-refractivity contribution in [3.8, 4) is 0 Å². The van der Waals surface area contributed by atoms with Gasteiger partial charge in [-0.3, -0.25) is 4.79 Å². The first-order chi connectivity index (χ1) is 6.22. The van der Waals surface area contributed by atoms with Gasteiger partial charge in [0.05, 0.1) is 6.61 Å². The predicted molar refractivity (Wildman–Crippen MR) is 54.1 cm³/mol. The molecule has 80 valence electrons. The molecule has 0 amide bonds. The maximum Gasteiger partial charge on any atom is 0.313 e. The van der Waals surface area contributed by atoms with Gasteiger partial charge in [-0.2, -0.15) is 0 Å². The summed E-state index contributed by atoms with van der Waals surface area (Å²) >= 11 is 0. The molecule has 1 rings (SSSR count). The van der Waals surface area contributed by atoms with Gasteiger partial charge in [0.15, 0.2) is 0 Å². The summed E-state index contributed by atoms with van der Waals surface area (Å²) < 4.78 is 5.40. The van der Waals surface area contributed by atoms with Gasteiger partial charge in [0.25, 0.3) is 0 Å². The molecule has 0 aromatic rings. The van der Waals surface area contributed by atoms with E-state index >= 15 is 0 Å². The van der Waals surface area contributed by atoms with Crippen LogP contribution in [0.4, 0.5) is 0 Å². The minimum Gasteiger partial charge on any atom is -0.481 e. The van der Waals surface area contributed by atoms with Gasteiger partial charge in [0, 0.05) is 0 Å². The van der Waals surface area contributed by atoms with Crippen LogP contribution in [0.25, 0.3) is 0 Å². The number of ether oxygens (including phenoxy) is 1. The molecule has 2 atom stereocenters. The van der Waals surface area contributed by atoms with Gasteiger partial charge in [0.2, 0.25) is 0 Å². The summed E-state index contributed by atoms with van der Waals surface area (Å²) in [5.74, 6) is -1.44. The summed E-state index contributed by atoms with van der Waals surface area (Å²) in [6, 6.07) is 0. The Balaban J connectivity index is 3.01. The Hall–Kier alpha value is -0.830. The van der Waals surface area contributed by atoms with Crippen LogP contribution >= 0.6 is 0 Å². The van der Waals surface area contributed by atoms with E-state index in [4.69, 9.17) is 9.84 Å². The highest BCUT2D eigenvalue weighted by Crippen LogP contribution is 2.51. The van der Waals surface area contributed by atoms with Crippen LogP contribution in [0, 0.1) is 11.3 Å². The van der Waals surface area contributed by atoms with Crippen LogP contribution in [0.2, 0.25) is 0 Å². The minimum absolute atomic E-state index is 0.172. The number of hydrogen-bond acceptors (Lipinski definition) is 2. The standard InChI is InChI=1S/C11H18O3/c1-7(2)8(9(12)13)11(6-14-11)10(3,4)5/h8H,1,6H2,2-5H3,(H,12,13). The van der Waals surface area contributed by atoms with Crippen LogP contribution in [-0.4, -0.2) is 23.3 Å². The van der Waals surface area contributed by atoms with Crippen molar-refractivity contribution < 1.29 is 14.6 Å². The number of epoxide rings is 1. The Kier molecular flexibility index (Phi) is 2.48. The number of hydrogen-bond donors (Lipinski definition) is 1. The summed E-state index contributed by atoms with van der Waals surface area (Å²) in [5.41, 5.74) is -0.0652. The smallest absolute Gasteiger partial charge is 0.313 e. The molecule has 0 spiro atoms. The van der Waals surface area contributed by atoms with E-state index in [1.807, 2.05) is 20.8 Å². The first-order valence-electron chi connectivity index (χ1n) is 4.74. The molecule has 2 unspecified atom stereocenters. The molecule has 3 heteroatoms. The van der Waals surface area contributed by atoms with E-state index in [0.717, 1.165) is 0 Å². The van der Waals surface area contributed by atoms with E-state index in [1.54, 1.807) is 6.92 Å². The average molecular weight is 198 g/mol. The van der Waals surface area contributed by atoms with Gasteiger partial charge >= 0.3 is 5.97 Å². The Labute approximate surface area is 84.8 Å². The maximum atomic E-state index is 11.1. The molecular weight excluding hydrogens is 180 g/mol. The van der Waals surface area contributed by atoms with E-state index in [0.29, 0.717) is 12.2 Å². The van der Waals surface area contributed by atoms with E-state index in [1.165, 1.54) is 0 Å². The fraction of sp³-hybridized carbons (Fsp3) is 0.727. The highest BCUT2D eigenvalue weighted by atomic mass is 16.6. The summed E-state index contributed by atoms with van der Waals surface area (Å²) in [6.07, 6.45) is 0. The third-order valence-corrected chi connectivity index (χ3v) is 2.93. The second-order valence-electron chi connectivity index (χ2n) is 5.05. The lowest BCUT2D eigenvalue weighted by molar-refractivity contribution is -0.144. The quantitative estimate of drug-likeness (QED) is 0.558. The lowest BCUT2D eigenvalue weighted by Crippen LogP contribution is -2.42. The lowest BCUT2D eigenvalue weighted by Gasteiger charge is -2.32. The zero-order valence-electron chi connectivity index (χ0n) is 9.26. The Bertz CT molecular complexity index is 255. The molecular formula is C11H18O3. The average Bonchev–Trinajstić information content (AvgIpc) is 2.64. The molecule has 1 heterocycles. The highest BCUT2D eigenvalue weighted by molar-refractivity contribution is 5.76. The largest absolute Gasteiger partial charge is 0.481 e. The Morgan fingerprint density at radius 2 is 2.00 bits per heavy atom. The third-order valence-electron chi connectivity index (χ3n) is 2.93. The summed E-state index contributed by atoms with van der Waals surface area (Å²) in [7, 11) is 0. The van der Waals surface area contributed by atoms with E-state index in [9.17, 15) is 4.79 Å². The van der Waals surface area contributed by atoms with Crippen LogP contribution in [0.1, 0.15) is 27.7 Å². The van der Waals surface area contributed by atoms with Gasteiger partial charge in [0.1, 0.15) is 11.5 Å². The van der Waals surface area contributed by atoms with E-state index < -0.39 is 17.5 Å². The molecule has 0 saturated carbocycles. The monoisotopic (exact) mass is 198 g/mol. The van der Waals surface area contributed by atoms with Gasteiger partial charge in [-0.1, -0.05) is 32.9 Å². The topological polar surface area (TPSA) is 49.8 Å². The van der Waals surface area contributed by atoms with Crippen molar-refractivity contribution in [1.82, 2.24) is 0 Å². The summed E-state index contributed by atoms with van der Waals surface area (Å²) in [6.45, 7) is 12.0. The predicted octanol–water partition coefficient (Wildman–Crippen LogP) is 2.08. The fourth-order valence-electron chi connectivity index (χ4n) is 1.92. The molecule has 1 fully saturated rings. The lowest BCUT2D eigenvalue weighted by atomic mass is 9.71. The molecule has 0 aromatic heterocycles. The van der Waals surface area contributed by atoms with E-state index in [2.05, 4.69) is 6.58 Å². The van der Waals surface area contributed by atoms with Crippen molar-refractivity contribution in [2.45, 2.75) is 33.3 Å². The van der Waals surface area contributed by atoms with Crippen LogP contribution in [0.5, 0.6) is 0 Å². The molecule has 1 aliphatic heterocycles. The molecule has 0 aromatic carbocycles. The molecule has 1 N–H and O–H groups in total. The number of carboxylic acid groups (broad SMARTS) is 1. The van der Waals surface area contributed by atoms with Gasteiger partial charge in [-0.25, -0.2) is 0 Å². The second-order valence-corrected chi connectivity index (χ2v) is 5.05. The molecule has 0 aliphatic carbocycles. The van der Waals surface area contributed by atoms with Crippen LogP contribution in [0.3, 0.4) is 0 Å². The number of carboxylic acids is 1. The maximum absolute atomic E-state index is 11.1. The number of rotatable bonds is 3. The number of aliphatic carboxylic acids is 1. The summed E-state index contributed by atoms with van der Waals surface area (Å²) in [4.78, 5) is 11.1. The normalized spacial score (nSPS) is 28.3. The zero-order chi connectivity index (χ0) is 11.1. The zero-order valence-corrected chi connectivity index (χ0v) is 9.26. The van der Waals surface area contributed by atoms with Crippen molar-refractivity contribution >= 4 is 5.97 Å². The fourth-order valence-corrected chi connectivity index (χ4v) is 1.92. The van der Waals surface area contributed by atoms with Crippen LogP contribution in [-0.2, 0) is 9.53 Å². The Morgan fingerprint density at radius 1 is 1.57 bits per heavy atom. The Morgan fingerprint density at radius 3 is 2.07 bits per heavy atom. The molecule has 1 saturated heterocycles. The SMILES string of the molecule is C=C(C)C(C(=O)O)C1(C(C)(C)C)CO1.